The molecule has 8 nitrogen and oxygen atoms in total. The third-order valence-corrected chi connectivity index (χ3v) is 5.51. The summed E-state index contributed by atoms with van der Waals surface area (Å²) in [4.78, 5) is 37.9. The highest BCUT2D eigenvalue weighted by Gasteiger charge is 2.52. The minimum Gasteiger partial charge on any atom is -0.461 e. The van der Waals surface area contributed by atoms with Gasteiger partial charge in [0.15, 0.2) is 0 Å². The molecule has 2 fully saturated rings. The lowest BCUT2D eigenvalue weighted by molar-refractivity contribution is -0.145. The van der Waals surface area contributed by atoms with Crippen LogP contribution in [0.2, 0.25) is 0 Å². The number of hydrogen-bond donors (Lipinski definition) is 1. The van der Waals surface area contributed by atoms with Gasteiger partial charge in [-0.25, -0.2) is 4.79 Å². The highest BCUT2D eigenvalue weighted by Crippen LogP contribution is 2.35. The fraction of sp³-hybridized carbons (Fsp3) is 0.400. The fourth-order valence-corrected chi connectivity index (χ4v) is 4.05. The lowest BCUT2D eigenvalue weighted by atomic mass is 9.98. The standard InChI is InChI=1S/C20H20N4O4/c21-11-15-14(12-23-9-4-1-5-16(15)23)13-28-17(25)6-10-24-18(26)20(22-19(24)27)7-2-3-8-20/h1,4-5,9,12H,2-3,6-8,10,13H2,(H,22,27). The van der Waals surface area contributed by atoms with E-state index in [-0.39, 0.29) is 25.5 Å². The Morgan fingerprint density at radius 1 is 1.29 bits per heavy atom. The van der Waals surface area contributed by atoms with Crippen LogP contribution in [-0.2, 0) is 20.9 Å². The molecule has 3 amide bonds. The van der Waals surface area contributed by atoms with Crippen LogP contribution < -0.4 is 5.32 Å². The summed E-state index contributed by atoms with van der Waals surface area (Å²) in [6.45, 7) is -0.0401. The van der Waals surface area contributed by atoms with Crippen molar-refractivity contribution < 1.29 is 19.1 Å². The van der Waals surface area contributed by atoms with Crippen molar-refractivity contribution in [2.45, 2.75) is 44.2 Å². The Balaban J connectivity index is 1.35. The lowest BCUT2D eigenvalue weighted by Gasteiger charge is -2.19. The van der Waals surface area contributed by atoms with E-state index in [4.69, 9.17) is 4.74 Å². The van der Waals surface area contributed by atoms with Crippen LogP contribution in [0.5, 0.6) is 0 Å². The van der Waals surface area contributed by atoms with Crippen LogP contribution in [0, 0.1) is 11.3 Å². The van der Waals surface area contributed by atoms with Gasteiger partial charge in [0.1, 0.15) is 18.2 Å². The zero-order valence-corrected chi connectivity index (χ0v) is 15.3. The van der Waals surface area contributed by atoms with Crippen molar-refractivity contribution in [3.05, 3.63) is 41.7 Å². The number of nitrogens with zero attached hydrogens (tertiary/aromatic N) is 3. The molecule has 0 radical (unpaired) electrons. The minimum atomic E-state index is -0.769. The van der Waals surface area contributed by atoms with E-state index in [0.717, 1.165) is 23.3 Å². The largest absolute Gasteiger partial charge is 0.461 e. The molecular weight excluding hydrogens is 360 g/mol. The molecule has 1 aliphatic carbocycles. The molecule has 1 saturated heterocycles. The number of carbonyl (C=O) groups excluding carboxylic acids is 3. The molecule has 2 aromatic heterocycles. The number of rotatable bonds is 5. The second-order valence-corrected chi connectivity index (χ2v) is 7.22. The van der Waals surface area contributed by atoms with Crippen LogP contribution in [0.15, 0.2) is 30.6 Å². The van der Waals surface area contributed by atoms with Gasteiger partial charge in [0.2, 0.25) is 0 Å². The molecule has 2 aromatic rings. The van der Waals surface area contributed by atoms with E-state index in [1.54, 1.807) is 10.6 Å². The molecule has 0 aromatic carbocycles. The summed E-state index contributed by atoms with van der Waals surface area (Å²) in [5.74, 6) is -0.764. The molecule has 0 bridgehead atoms. The first kappa shape index (κ1) is 18.0. The molecule has 1 spiro atoms. The van der Waals surface area contributed by atoms with Crippen LogP contribution in [0.4, 0.5) is 4.79 Å². The number of imide groups is 1. The van der Waals surface area contributed by atoms with E-state index in [1.807, 2.05) is 24.4 Å². The zero-order valence-electron chi connectivity index (χ0n) is 15.3. The molecule has 1 aliphatic heterocycles. The van der Waals surface area contributed by atoms with Crippen LogP contribution in [0.25, 0.3) is 5.52 Å². The predicted molar refractivity (Wildman–Crippen MR) is 98.0 cm³/mol. The number of urea groups is 1. The van der Waals surface area contributed by atoms with Crippen molar-refractivity contribution in [2.24, 2.45) is 0 Å². The minimum absolute atomic E-state index is 0.00586. The predicted octanol–water partition coefficient (Wildman–Crippen LogP) is 2.11. The number of aromatic nitrogens is 1. The first-order valence-electron chi connectivity index (χ1n) is 9.32. The van der Waals surface area contributed by atoms with Crippen molar-refractivity contribution in [3.63, 3.8) is 0 Å². The molecule has 2 aliphatic rings. The van der Waals surface area contributed by atoms with Gasteiger partial charge in [0.25, 0.3) is 5.91 Å². The molecule has 8 heteroatoms. The molecule has 0 atom stereocenters. The maximum absolute atomic E-state index is 12.6. The van der Waals surface area contributed by atoms with Gasteiger partial charge in [0, 0.05) is 24.5 Å². The monoisotopic (exact) mass is 380 g/mol. The van der Waals surface area contributed by atoms with Gasteiger partial charge < -0.3 is 14.5 Å². The Morgan fingerprint density at radius 2 is 2.07 bits per heavy atom. The van der Waals surface area contributed by atoms with E-state index in [2.05, 4.69) is 11.4 Å². The van der Waals surface area contributed by atoms with E-state index in [9.17, 15) is 19.6 Å². The average molecular weight is 380 g/mol. The van der Waals surface area contributed by atoms with Gasteiger partial charge in [-0.3, -0.25) is 14.5 Å². The second kappa shape index (κ2) is 7.00. The van der Waals surface area contributed by atoms with Crippen molar-refractivity contribution in [1.82, 2.24) is 14.6 Å². The molecular formula is C20H20N4O4. The third-order valence-electron chi connectivity index (χ3n) is 5.51. The Bertz CT molecular complexity index is 997. The van der Waals surface area contributed by atoms with Crippen LogP contribution in [0.1, 0.15) is 43.2 Å². The van der Waals surface area contributed by atoms with Crippen molar-refractivity contribution in [1.29, 1.82) is 5.26 Å². The molecule has 4 rings (SSSR count). The summed E-state index contributed by atoms with van der Waals surface area (Å²) in [6.07, 6.45) is 6.62. The van der Waals surface area contributed by atoms with Gasteiger partial charge >= 0.3 is 12.0 Å². The summed E-state index contributed by atoms with van der Waals surface area (Å²) in [7, 11) is 0. The highest BCUT2D eigenvalue weighted by molar-refractivity contribution is 6.07. The topological polar surface area (TPSA) is 104 Å². The van der Waals surface area contributed by atoms with Gasteiger partial charge in [-0.05, 0) is 25.0 Å². The molecule has 28 heavy (non-hydrogen) atoms. The van der Waals surface area contributed by atoms with E-state index < -0.39 is 17.5 Å². The number of esters is 1. The van der Waals surface area contributed by atoms with Crippen LogP contribution in [-0.4, -0.2) is 39.3 Å². The number of fused-ring (bicyclic) bond motifs is 1. The van der Waals surface area contributed by atoms with Crippen molar-refractivity contribution in [3.8, 4) is 6.07 Å². The van der Waals surface area contributed by atoms with E-state index >= 15 is 0 Å². The van der Waals surface area contributed by atoms with E-state index in [0.29, 0.717) is 24.0 Å². The SMILES string of the molecule is N#Cc1c(COC(=O)CCN2C(=O)NC3(CCCC3)C2=O)cn2ccccc12. The quantitative estimate of drug-likeness (QED) is 0.632. The Hall–Kier alpha value is -3.34. The second-order valence-electron chi connectivity index (χ2n) is 7.22. The molecule has 144 valence electrons. The first-order chi connectivity index (χ1) is 13.5. The van der Waals surface area contributed by atoms with E-state index in [1.165, 1.54) is 0 Å². The Labute approximate surface area is 161 Å². The number of nitrogens with one attached hydrogen (secondary N) is 1. The summed E-state index contributed by atoms with van der Waals surface area (Å²) >= 11 is 0. The highest BCUT2D eigenvalue weighted by atomic mass is 16.5. The van der Waals surface area contributed by atoms with Crippen LogP contribution in [0.3, 0.4) is 0 Å². The maximum atomic E-state index is 12.6. The number of hydrogen-bond acceptors (Lipinski definition) is 5. The van der Waals surface area contributed by atoms with Crippen molar-refractivity contribution in [2.75, 3.05) is 6.54 Å². The number of nitriles is 1. The molecule has 1 N–H and O–H groups in total. The smallest absolute Gasteiger partial charge is 0.325 e. The average Bonchev–Trinajstić information content (AvgIpc) is 3.36. The summed E-state index contributed by atoms with van der Waals surface area (Å²) in [5, 5.41) is 12.2. The molecule has 1 saturated carbocycles. The van der Waals surface area contributed by atoms with Crippen molar-refractivity contribution >= 4 is 23.4 Å². The van der Waals surface area contributed by atoms with Gasteiger partial charge in [-0.2, -0.15) is 5.26 Å². The Morgan fingerprint density at radius 3 is 2.82 bits per heavy atom. The number of carbonyl (C=O) groups is 3. The Kier molecular flexibility index (Phi) is 4.51. The van der Waals surface area contributed by atoms with Crippen LogP contribution >= 0.6 is 0 Å². The van der Waals surface area contributed by atoms with Gasteiger partial charge in [0.05, 0.1) is 17.5 Å². The lowest BCUT2D eigenvalue weighted by Crippen LogP contribution is -2.44. The summed E-state index contributed by atoms with van der Waals surface area (Å²) in [5.41, 5.74) is 1.06. The molecule has 3 heterocycles. The summed E-state index contributed by atoms with van der Waals surface area (Å²) < 4.78 is 7.08. The number of ether oxygens (including phenoxy) is 1. The first-order valence-corrected chi connectivity index (χ1v) is 9.32. The fourth-order valence-electron chi connectivity index (χ4n) is 4.05. The number of pyridine rings is 1. The number of amides is 3. The van der Waals surface area contributed by atoms with Gasteiger partial charge in [-0.15, -0.1) is 0 Å². The van der Waals surface area contributed by atoms with Gasteiger partial charge in [-0.1, -0.05) is 18.9 Å². The zero-order chi connectivity index (χ0) is 19.7. The summed E-state index contributed by atoms with van der Waals surface area (Å²) in [6, 6.07) is 7.20. The third kappa shape index (κ3) is 2.99. The normalized spacial score (nSPS) is 17.9. The molecule has 0 unspecified atom stereocenters. The maximum Gasteiger partial charge on any atom is 0.325 e.